The van der Waals surface area contributed by atoms with Crippen molar-refractivity contribution in [2.24, 2.45) is 17.6 Å². The molecule has 1 saturated heterocycles. The Kier molecular flexibility index (Phi) is 4.68. The van der Waals surface area contributed by atoms with E-state index in [-0.39, 0.29) is 0 Å². The van der Waals surface area contributed by atoms with Gasteiger partial charge in [0.2, 0.25) is 0 Å². The maximum atomic E-state index is 6.32. The van der Waals surface area contributed by atoms with Gasteiger partial charge < -0.3 is 5.73 Å². The van der Waals surface area contributed by atoms with Crippen LogP contribution >= 0.6 is 0 Å². The number of rotatable bonds is 2. The Balaban J connectivity index is 1.89. The summed E-state index contributed by atoms with van der Waals surface area (Å²) in [6.45, 7) is 10.7. The van der Waals surface area contributed by atoms with Crippen LogP contribution in [0.3, 0.4) is 0 Å². The second-order valence-electron chi connectivity index (χ2n) is 6.92. The van der Waals surface area contributed by atoms with Gasteiger partial charge in [0.25, 0.3) is 0 Å². The van der Waals surface area contributed by atoms with Gasteiger partial charge in [0.1, 0.15) is 0 Å². The van der Waals surface area contributed by atoms with Gasteiger partial charge >= 0.3 is 0 Å². The summed E-state index contributed by atoms with van der Waals surface area (Å²) in [5, 5.41) is 0. The Morgan fingerprint density at radius 2 is 1.67 bits per heavy atom. The van der Waals surface area contributed by atoms with Crippen LogP contribution in [0.25, 0.3) is 0 Å². The largest absolute Gasteiger partial charge is 0.327 e. The van der Waals surface area contributed by atoms with Crippen LogP contribution in [0.15, 0.2) is 0 Å². The van der Waals surface area contributed by atoms with Gasteiger partial charge in [-0.3, -0.25) is 9.80 Å². The van der Waals surface area contributed by atoms with Gasteiger partial charge in [-0.2, -0.15) is 0 Å². The molecule has 0 aromatic carbocycles. The normalized spacial score (nSPS) is 44.2. The van der Waals surface area contributed by atoms with Crippen molar-refractivity contribution in [2.45, 2.75) is 58.2 Å². The maximum Gasteiger partial charge on any atom is 0.0195 e. The minimum atomic E-state index is 0.437. The molecule has 0 aromatic heterocycles. The fourth-order valence-corrected chi connectivity index (χ4v) is 3.73. The lowest BCUT2D eigenvalue weighted by molar-refractivity contribution is 0.0410. The molecule has 2 N–H and O–H groups in total. The molecule has 5 atom stereocenters. The molecule has 5 unspecified atom stereocenters. The molecule has 0 radical (unpaired) electrons. The number of nitrogens with two attached hydrogens (primary N) is 1. The number of piperazine rings is 1. The molecule has 3 heteroatoms. The predicted octanol–water partition coefficient (Wildman–Crippen LogP) is 1.77. The van der Waals surface area contributed by atoms with Gasteiger partial charge in [-0.15, -0.1) is 0 Å². The van der Waals surface area contributed by atoms with Crippen molar-refractivity contribution >= 4 is 0 Å². The molecule has 1 aliphatic heterocycles. The Bertz CT molecular complexity index is 256. The molecular formula is C15H31N3. The summed E-state index contributed by atoms with van der Waals surface area (Å²) in [6, 6.07) is 1.78. The SMILES string of the molecule is CC1CCC(N)C(CN2CC(C)N(C)C(C)C2)C1. The Hall–Kier alpha value is -0.120. The fourth-order valence-electron chi connectivity index (χ4n) is 3.73. The first-order valence-corrected chi connectivity index (χ1v) is 7.67. The van der Waals surface area contributed by atoms with Crippen LogP contribution in [-0.2, 0) is 0 Å². The monoisotopic (exact) mass is 253 g/mol. The predicted molar refractivity (Wildman–Crippen MR) is 77.6 cm³/mol. The average molecular weight is 253 g/mol. The van der Waals surface area contributed by atoms with E-state index in [1.807, 2.05) is 0 Å². The third kappa shape index (κ3) is 3.25. The van der Waals surface area contributed by atoms with E-state index in [0.717, 1.165) is 11.8 Å². The van der Waals surface area contributed by atoms with Crippen molar-refractivity contribution in [3.05, 3.63) is 0 Å². The Morgan fingerprint density at radius 1 is 1.06 bits per heavy atom. The molecule has 3 nitrogen and oxygen atoms in total. The van der Waals surface area contributed by atoms with Crippen molar-refractivity contribution < 1.29 is 0 Å². The van der Waals surface area contributed by atoms with Gasteiger partial charge in [0, 0.05) is 37.8 Å². The van der Waals surface area contributed by atoms with Crippen LogP contribution in [0.2, 0.25) is 0 Å². The topological polar surface area (TPSA) is 32.5 Å². The van der Waals surface area contributed by atoms with Crippen LogP contribution in [-0.4, -0.2) is 54.6 Å². The highest BCUT2D eigenvalue weighted by atomic mass is 15.3. The highest BCUT2D eigenvalue weighted by Crippen LogP contribution is 2.29. The molecule has 2 fully saturated rings. The molecular weight excluding hydrogens is 222 g/mol. The van der Waals surface area contributed by atoms with Crippen LogP contribution in [0, 0.1) is 11.8 Å². The summed E-state index contributed by atoms with van der Waals surface area (Å²) in [5.74, 6) is 1.59. The summed E-state index contributed by atoms with van der Waals surface area (Å²) in [7, 11) is 2.25. The number of hydrogen-bond donors (Lipinski definition) is 1. The average Bonchev–Trinajstić information content (AvgIpc) is 2.31. The third-order valence-electron chi connectivity index (χ3n) is 5.23. The van der Waals surface area contributed by atoms with Crippen LogP contribution < -0.4 is 5.73 Å². The molecule has 2 rings (SSSR count). The first-order valence-electron chi connectivity index (χ1n) is 7.67. The van der Waals surface area contributed by atoms with Crippen LogP contribution in [0.4, 0.5) is 0 Å². The summed E-state index contributed by atoms with van der Waals surface area (Å²) in [5.41, 5.74) is 6.32. The Labute approximate surface area is 113 Å². The Morgan fingerprint density at radius 3 is 2.28 bits per heavy atom. The smallest absolute Gasteiger partial charge is 0.0195 e. The van der Waals surface area contributed by atoms with Crippen LogP contribution in [0.5, 0.6) is 0 Å². The maximum absolute atomic E-state index is 6.32. The molecule has 1 saturated carbocycles. The molecule has 0 amide bonds. The molecule has 18 heavy (non-hydrogen) atoms. The zero-order valence-electron chi connectivity index (χ0n) is 12.6. The lowest BCUT2D eigenvalue weighted by Crippen LogP contribution is -2.56. The molecule has 0 bridgehead atoms. The van der Waals surface area contributed by atoms with Gasteiger partial charge in [0.15, 0.2) is 0 Å². The highest BCUT2D eigenvalue weighted by Gasteiger charge is 2.31. The summed E-state index contributed by atoms with van der Waals surface area (Å²) >= 11 is 0. The van der Waals surface area contributed by atoms with E-state index in [2.05, 4.69) is 37.6 Å². The van der Waals surface area contributed by atoms with Gasteiger partial charge in [-0.05, 0) is 52.0 Å². The lowest BCUT2D eigenvalue weighted by Gasteiger charge is -2.45. The van der Waals surface area contributed by atoms with Crippen molar-refractivity contribution in [1.29, 1.82) is 0 Å². The van der Waals surface area contributed by atoms with E-state index < -0.39 is 0 Å². The highest BCUT2D eigenvalue weighted by molar-refractivity contribution is 4.88. The second kappa shape index (κ2) is 5.89. The molecule has 0 spiro atoms. The number of likely N-dealkylation sites (N-methyl/N-ethyl adjacent to an activating group) is 1. The van der Waals surface area contributed by atoms with Gasteiger partial charge in [-0.25, -0.2) is 0 Å². The van der Waals surface area contributed by atoms with E-state index in [0.29, 0.717) is 18.1 Å². The van der Waals surface area contributed by atoms with Gasteiger partial charge in [0.05, 0.1) is 0 Å². The fraction of sp³-hybridized carbons (Fsp3) is 1.00. The van der Waals surface area contributed by atoms with Crippen LogP contribution in [0.1, 0.15) is 40.0 Å². The van der Waals surface area contributed by atoms with E-state index in [4.69, 9.17) is 5.73 Å². The molecule has 1 heterocycles. The van der Waals surface area contributed by atoms with Crippen molar-refractivity contribution in [3.63, 3.8) is 0 Å². The summed E-state index contributed by atoms with van der Waals surface area (Å²) in [4.78, 5) is 5.15. The minimum absolute atomic E-state index is 0.437. The van der Waals surface area contributed by atoms with E-state index in [9.17, 15) is 0 Å². The first-order chi connectivity index (χ1) is 8.47. The van der Waals surface area contributed by atoms with E-state index in [1.54, 1.807) is 0 Å². The number of nitrogens with zero attached hydrogens (tertiary/aromatic N) is 2. The number of hydrogen-bond acceptors (Lipinski definition) is 3. The van der Waals surface area contributed by atoms with Crippen molar-refractivity contribution in [3.8, 4) is 0 Å². The molecule has 2 aliphatic rings. The summed E-state index contributed by atoms with van der Waals surface area (Å²) < 4.78 is 0. The van der Waals surface area contributed by atoms with E-state index in [1.165, 1.54) is 38.9 Å². The molecule has 106 valence electrons. The zero-order valence-corrected chi connectivity index (χ0v) is 12.6. The lowest BCUT2D eigenvalue weighted by atomic mass is 9.79. The molecule has 1 aliphatic carbocycles. The quantitative estimate of drug-likeness (QED) is 0.814. The minimum Gasteiger partial charge on any atom is -0.327 e. The van der Waals surface area contributed by atoms with E-state index >= 15 is 0 Å². The van der Waals surface area contributed by atoms with Crippen molar-refractivity contribution in [2.75, 3.05) is 26.7 Å². The standard InChI is InChI=1S/C15H31N3/c1-11-5-6-15(16)14(7-11)10-18-8-12(2)17(4)13(3)9-18/h11-15H,5-10,16H2,1-4H3. The third-order valence-corrected chi connectivity index (χ3v) is 5.23. The van der Waals surface area contributed by atoms with Gasteiger partial charge in [-0.1, -0.05) is 6.92 Å². The zero-order chi connectivity index (χ0) is 13.3. The first kappa shape index (κ1) is 14.3. The second-order valence-corrected chi connectivity index (χ2v) is 6.92. The summed E-state index contributed by atoms with van der Waals surface area (Å²) in [6.07, 6.45) is 3.88. The van der Waals surface area contributed by atoms with Crippen molar-refractivity contribution in [1.82, 2.24) is 9.80 Å². The molecule has 0 aromatic rings.